The SMILES string of the molecule is CN1C=CC(N)=C2N=CC=CC21. The van der Waals surface area contributed by atoms with Gasteiger partial charge in [0.2, 0.25) is 0 Å². The molecular formula is C9H11N3. The zero-order valence-corrected chi connectivity index (χ0v) is 6.94. The molecule has 0 aromatic heterocycles. The highest BCUT2D eigenvalue weighted by molar-refractivity contribution is 5.75. The molecule has 2 heterocycles. The third-order valence-electron chi connectivity index (χ3n) is 2.10. The first-order valence-electron chi connectivity index (χ1n) is 3.89. The van der Waals surface area contributed by atoms with Crippen molar-refractivity contribution >= 4 is 6.21 Å². The molecule has 2 rings (SSSR count). The van der Waals surface area contributed by atoms with Crippen LogP contribution in [0, 0.1) is 0 Å². The van der Waals surface area contributed by atoms with Crippen LogP contribution < -0.4 is 5.73 Å². The molecule has 3 heteroatoms. The van der Waals surface area contributed by atoms with Gasteiger partial charge in [-0.05, 0) is 12.2 Å². The van der Waals surface area contributed by atoms with E-state index in [1.165, 1.54) is 0 Å². The Morgan fingerprint density at radius 2 is 2.42 bits per heavy atom. The van der Waals surface area contributed by atoms with Gasteiger partial charge in [-0.3, -0.25) is 4.99 Å². The standard InChI is InChI=1S/C9H11N3/c1-12-6-4-7(10)9-8(12)3-2-5-11-9/h2-6,8H,10H2,1H3. The van der Waals surface area contributed by atoms with Crippen molar-refractivity contribution in [3.8, 4) is 0 Å². The smallest absolute Gasteiger partial charge is 0.0913 e. The molecular weight excluding hydrogens is 150 g/mol. The first kappa shape index (κ1) is 7.16. The Balaban J connectivity index is 2.44. The first-order chi connectivity index (χ1) is 5.79. The van der Waals surface area contributed by atoms with Gasteiger partial charge in [0.1, 0.15) is 0 Å². The van der Waals surface area contributed by atoms with Gasteiger partial charge in [0.25, 0.3) is 0 Å². The minimum absolute atomic E-state index is 0.222. The molecule has 1 atom stereocenters. The van der Waals surface area contributed by atoms with Crippen LogP contribution >= 0.6 is 0 Å². The Bertz CT molecular complexity index is 310. The van der Waals surface area contributed by atoms with E-state index in [1.807, 2.05) is 25.4 Å². The van der Waals surface area contributed by atoms with Gasteiger partial charge in [-0.2, -0.15) is 0 Å². The van der Waals surface area contributed by atoms with E-state index in [1.54, 1.807) is 6.21 Å². The molecule has 0 amide bonds. The van der Waals surface area contributed by atoms with Crippen molar-refractivity contribution in [2.75, 3.05) is 7.05 Å². The summed E-state index contributed by atoms with van der Waals surface area (Å²) in [5, 5.41) is 0. The molecule has 2 N–H and O–H groups in total. The van der Waals surface area contributed by atoms with Crippen LogP contribution in [0.3, 0.4) is 0 Å². The van der Waals surface area contributed by atoms with Gasteiger partial charge < -0.3 is 10.6 Å². The van der Waals surface area contributed by atoms with Crippen LogP contribution in [-0.2, 0) is 0 Å². The van der Waals surface area contributed by atoms with Crippen molar-refractivity contribution in [3.63, 3.8) is 0 Å². The minimum Gasteiger partial charge on any atom is -0.397 e. The maximum atomic E-state index is 5.77. The lowest BCUT2D eigenvalue weighted by Gasteiger charge is -2.29. The highest BCUT2D eigenvalue weighted by Gasteiger charge is 2.20. The third-order valence-corrected chi connectivity index (χ3v) is 2.10. The fourth-order valence-corrected chi connectivity index (χ4v) is 1.40. The number of hydrogen-bond donors (Lipinski definition) is 1. The van der Waals surface area contributed by atoms with Gasteiger partial charge in [-0.15, -0.1) is 0 Å². The van der Waals surface area contributed by atoms with E-state index in [0.29, 0.717) is 0 Å². The number of nitrogens with two attached hydrogens (primary N) is 1. The van der Waals surface area contributed by atoms with Crippen LogP contribution in [0.15, 0.2) is 40.8 Å². The summed E-state index contributed by atoms with van der Waals surface area (Å²) in [6.07, 6.45) is 9.64. The summed E-state index contributed by atoms with van der Waals surface area (Å²) in [6.45, 7) is 0. The number of dihydropyridines is 1. The van der Waals surface area contributed by atoms with E-state index in [4.69, 9.17) is 5.73 Å². The van der Waals surface area contributed by atoms with Crippen molar-refractivity contribution < 1.29 is 0 Å². The Morgan fingerprint density at radius 1 is 1.58 bits per heavy atom. The zero-order chi connectivity index (χ0) is 8.55. The second-order valence-electron chi connectivity index (χ2n) is 2.93. The van der Waals surface area contributed by atoms with E-state index in [2.05, 4.69) is 16.0 Å². The van der Waals surface area contributed by atoms with E-state index in [9.17, 15) is 0 Å². The molecule has 0 aromatic rings. The Morgan fingerprint density at radius 3 is 3.17 bits per heavy atom. The summed E-state index contributed by atoms with van der Waals surface area (Å²) in [6, 6.07) is 0.222. The molecule has 12 heavy (non-hydrogen) atoms. The zero-order valence-electron chi connectivity index (χ0n) is 6.94. The van der Waals surface area contributed by atoms with Crippen molar-refractivity contribution in [3.05, 3.63) is 35.8 Å². The number of likely N-dealkylation sites (N-methyl/N-ethyl adjacent to an activating group) is 1. The number of aliphatic imine (C=N–C) groups is 1. The molecule has 2 aliphatic rings. The summed E-state index contributed by atoms with van der Waals surface area (Å²) in [5.74, 6) is 0. The molecule has 0 fully saturated rings. The number of rotatable bonds is 0. The Labute approximate surface area is 71.6 Å². The van der Waals surface area contributed by atoms with Gasteiger partial charge in [-0.1, -0.05) is 6.08 Å². The van der Waals surface area contributed by atoms with Crippen LogP contribution in [0.5, 0.6) is 0 Å². The van der Waals surface area contributed by atoms with Crippen LogP contribution in [0.1, 0.15) is 0 Å². The van der Waals surface area contributed by atoms with Crippen LogP contribution in [-0.4, -0.2) is 24.2 Å². The van der Waals surface area contributed by atoms with Crippen LogP contribution in [0.4, 0.5) is 0 Å². The quantitative estimate of drug-likeness (QED) is 0.566. The van der Waals surface area contributed by atoms with Gasteiger partial charge in [0.05, 0.1) is 17.4 Å². The molecule has 62 valence electrons. The van der Waals surface area contributed by atoms with Crippen molar-refractivity contribution in [2.45, 2.75) is 6.04 Å². The number of allylic oxidation sites excluding steroid dienone is 2. The first-order valence-corrected chi connectivity index (χ1v) is 3.89. The molecule has 0 spiro atoms. The van der Waals surface area contributed by atoms with E-state index < -0.39 is 0 Å². The molecule has 0 radical (unpaired) electrons. The second-order valence-corrected chi connectivity index (χ2v) is 2.93. The molecule has 0 aliphatic carbocycles. The maximum Gasteiger partial charge on any atom is 0.0913 e. The van der Waals surface area contributed by atoms with E-state index in [-0.39, 0.29) is 6.04 Å². The molecule has 2 aliphatic heterocycles. The molecule has 1 unspecified atom stereocenters. The van der Waals surface area contributed by atoms with Gasteiger partial charge >= 0.3 is 0 Å². The van der Waals surface area contributed by atoms with Gasteiger partial charge in [0.15, 0.2) is 0 Å². The molecule has 0 saturated heterocycles. The van der Waals surface area contributed by atoms with Gasteiger partial charge in [-0.25, -0.2) is 0 Å². The fraction of sp³-hybridized carbons (Fsp3) is 0.222. The molecule has 0 bridgehead atoms. The lowest BCUT2D eigenvalue weighted by Crippen LogP contribution is -2.32. The van der Waals surface area contributed by atoms with Crippen LogP contribution in [0.2, 0.25) is 0 Å². The van der Waals surface area contributed by atoms with Crippen molar-refractivity contribution in [1.29, 1.82) is 0 Å². The van der Waals surface area contributed by atoms with Crippen molar-refractivity contribution in [1.82, 2.24) is 4.90 Å². The molecule has 3 nitrogen and oxygen atoms in total. The molecule has 0 saturated carbocycles. The topological polar surface area (TPSA) is 41.6 Å². The monoisotopic (exact) mass is 161 g/mol. The number of fused-ring (bicyclic) bond motifs is 1. The normalized spacial score (nSPS) is 26.4. The minimum atomic E-state index is 0.222. The highest BCUT2D eigenvalue weighted by atomic mass is 15.1. The Hall–Kier alpha value is -1.51. The Kier molecular flexibility index (Phi) is 1.50. The summed E-state index contributed by atoms with van der Waals surface area (Å²) in [7, 11) is 2.01. The molecule has 0 aromatic carbocycles. The average Bonchev–Trinajstić information content (AvgIpc) is 2.12. The number of nitrogens with zero attached hydrogens (tertiary/aromatic N) is 2. The fourth-order valence-electron chi connectivity index (χ4n) is 1.40. The second kappa shape index (κ2) is 2.52. The largest absolute Gasteiger partial charge is 0.397 e. The third kappa shape index (κ3) is 0.942. The highest BCUT2D eigenvalue weighted by Crippen LogP contribution is 2.21. The summed E-state index contributed by atoms with van der Waals surface area (Å²) >= 11 is 0. The summed E-state index contributed by atoms with van der Waals surface area (Å²) in [5.41, 5.74) is 7.48. The summed E-state index contributed by atoms with van der Waals surface area (Å²) in [4.78, 5) is 6.31. The van der Waals surface area contributed by atoms with Gasteiger partial charge in [0, 0.05) is 19.5 Å². The van der Waals surface area contributed by atoms with E-state index in [0.717, 1.165) is 11.4 Å². The maximum absolute atomic E-state index is 5.77. The van der Waals surface area contributed by atoms with Crippen LogP contribution in [0.25, 0.3) is 0 Å². The number of hydrogen-bond acceptors (Lipinski definition) is 3. The van der Waals surface area contributed by atoms with Crippen molar-refractivity contribution in [2.24, 2.45) is 10.7 Å². The predicted molar refractivity (Wildman–Crippen MR) is 49.5 cm³/mol. The predicted octanol–water partition coefficient (Wildman–Crippen LogP) is 0.625. The average molecular weight is 161 g/mol. The summed E-state index contributed by atoms with van der Waals surface area (Å²) < 4.78 is 0. The van der Waals surface area contributed by atoms with E-state index >= 15 is 0 Å². The lowest BCUT2D eigenvalue weighted by molar-refractivity contribution is 0.411. The lowest BCUT2D eigenvalue weighted by atomic mass is 10.1.